The molecule has 0 aliphatic rings. The minimum absolute atomic E-state index is 0.0695. The van der Waals surface area contributed by atoms with E-state index >= 15 is 0 Å². The normalized spacial score (nSPS) is 12.0. The molecule has 0 aliphatic carbocycles. The Morgan fingerprint density at radius 3 is 2.45 bits per heavy atom. The molecule has 0 radical (unpaired) electrons. The fourth-order valence-electron chi connectivity index (χ4n) is 2.21. The van der Waals surface area contributed by atoms with Crippen LogP contribution >= 0.6 is 27.5 Å². The molecule has 0 unspecified atom stereocenters. The van der Waals surface area contributed by atoms with Gasteiger partial charge in [-0.05, 0) is 31.2 Å². The van der Waals surface area contributed by atoms with Crippen LogP contribution in [0.3, 0.4) is 0 Å². The second-order valence-corrected chi connectivity index (χ2v) is 7.92. The van der Waals surface area contributed by atoms with E-state index in [-0.39, 0.29) is 15.4 Å². The summed E-state index contributed by atoms with van der Waals surface area (Å²) < 4.78 is 41.3. The number of fused-ring (bicyclic) bond motifs is 1. The highest BCUT2D eigenvalue weighted by Crippen LogP contribution is 2.34. The van der Waals surface area contributed by atoms with Crippen molar-refractivity contribution in [1.82, 2.24) is 3.97 Å². The zero-order valence-corrected chi connectivity index (χ0v) is 14.5. The highest BCUT2D eigenvalue weighted by molar-refractivity contribution is 9.10. The van der Waals surface area contributed by atoms with Gasteiger partial charge >= 0.3 is 0 Å². The molecule has 1 heterocycles. The maximum absolute atomic E-state index is 14.3. The standard InChI is InChI=1S/C15H10BrClFNO2S/c1-9-2-4-10(5-3-9)22(20,21)19-7-6-11-12(16)8-13(17)14(18)15(11)19/h2-8H,1H3. The zero-order valence-electron chi connectivity index (χ0n) is 11.3. The SMILES string of the molecule is Cc1ccc(S(=O)(=O)n2ccc3c(Br)cc(Cl)c(F)c32)cc1. The number of benzene rings is 2. The topological polar surface area (TPSA) is 39.1 Å². The van der Waals surface area contributed by atoms with Crippen LogP contribution in [-0.4, -0.2) is 12.4 Å². The Morgan fingerprint density at radius 2 is 1.82 bits per heavy atom. The number of hydrogen-bond donors (Lipinski definition) is 0. The second-order valence-electron chi connectivity index (χ2n) is 4.85. The minimum Gasteiger partial charge on any atom is -0.238 e. The van der Waals surface area contributed by atoms with Gasteiger partial charge in [0.1, 0.15) is 5.52 Å². The summed E-state index contributed by atoms with van der Waals surface area (Å²) in [7, 11) is -3.90. The average molecular weight is 403 g/mol. The van der Waals surface area contributed by atoms with E-state index in [1.165, 1.54) is 30.5 Å². The fraction of sp³-hybridized carbons (Fsp3) is 0.0667. The highest BCUT2D eigenvalue weighted by atomic mass is 79.9. The molecule has 3 aromatic rings. The average Bonchev–Trinajstić information content (AvgIpc) is 2.91. The maximum Gasteiger partial charge on any atom is 0.268 e. The molecule has 0 saturated heterocycles. The van der Waals surface area contributed by atoms with E-state index in [0.29, 0.717) is 9.86 Å². The summed E-state index contributed by atoms with van der Waals surface area (Å²) in [6.45, 7) is 1.86. The first kappa shape index (κ1) is 15.5. The molecule has 1 aromatic heterocycles. The molecule has 7 heteroatoms. The van der Waals surface area contributed by atoms with Crippen molar-refractivity contribution in [3.05, 3.63) is 63.5 Å². The smallest absolute Gasteiger partial charge is 0.238 e. The number of hydrogen-bond acceptors (Lipinski definition) is 2. The van der Waals surface area contributed by atoms with Crippen molar-refractivity contribution in [1.29, 1.82) is 0 Å². The Hall–Kier alpha value is -1.37. The quantitative estimate of drug-likeness (QED) is 0.581. The molecule has 3 nitrogen and oxygen atoms in total. The third-order valence-electron chi connectivity index (χ3n) is 3.36. The summed E-state index contributed by atoms with van der Waals surface area (Å²) in [5.74, 6) is -0.763. The Kier molecular flexibility index (Phi) is 3.79. The Balaban J connectivity index is 2.33. The number of aromatic nitrogens is 1. The monoisotopic (exact) mass is 401 g/mol. The molecule has 0 spiro atoms. The van der Waals surface area contributed by atoms with Crippen LogP contribution in [0.5, 0.6) is 0 Å². The van der Waals surface area contributed by atoms with E-state index in [0.717, 1.165) is 9.54 Å². The lowest BCUT2D eigenvalue weighted by Gasteiger charge is -2.09. The molecule has 0 amide bonds. The third kappa shape index (κ3) is 2.35. The van der Waals surface area contributed by atoms with Crippen molar-refractivity contribution >= 4 is 48.5 Å². The summed E-state index contributed by atoms with van der Waals surface area (Å²) in [5, 5.41) is 0.302. The van der Waals surface area contributed by atoms with E-state index in [1.54, 1.807) is 12.1 Å². The lowest BCUT2D eigenvalue weighted by Crippen LogP contribution is -2.12. The molecule has 2 aromatic carbocycles. The van der Waals surface area contributed by atoms with E-state index in [2.05, 4.69) is 15.9 Å². The van der Waals surface area contributed by atoms with Gasteiger partial charge in [-0.25, -0.2) is 16.8 Å². The Morgan fingerprint density at radius 1 is 1.18 bits per heavy atom. The minimum atomic E-state index is -3.90. The summed E-state index contributed by atoms with van der Waals surface area (Å²) in [6, 6.07) is 9.31. The first-order valence-corrected chi connectivity index (χ1v) is 8.90. The van der Waals surface area contributed by atoms with Gasteiger partial charge in [0.2, 0.25) is 0 Å². The molecule has 0 fully saturated rings. The van der Waals surface area contributed by atoms with Gasteiger partial charge in [-0.3, -0.25) is 0 Å². The van der Waals surface area contributed by atoms with Gasteiger partial charge in [-0.1, -0.05) is 45.2 Å². The fourth-order valence-corrected chi connectivity index (χ4v) is 4.44. The molecule has 3 rings (SSSR count). The van der Waals surface area contributed by atoms with E-state index in [1.807, 2.05) is 6.92 Å². The van der Waals surface area contributed by atoms with Gasteiger partial charge in [0.15, 0.2) is 5.82 Å². The van der Waals surface area contributed by atoms with Gasteiger partial charge in [-0.2, -0.15) is 0 Å². The largest absolute Gasteiger partial charge is 0.268 e. The van der Waals surface area contributed by atoms with Crippen LogP contribution in [0.4, 0.5) is 4.39 Å². The van der Waals surface area contributed by atoms with Crippen molar-refractivity contribution in [2.75, 3.05) is 0 Å². The number of rotatable bonds is 2. The molecule has 0 atom stereocenters. The number of nitrogens with zero attached hydrogens (tertiary/aromatic N) is 1. The van der Waals surface area contributed by atoms with E-state index < -0.39 is 15.8 Å². The van der Waals surface area contributed by atoms with Crippen LogP contribution in [0.15, 0.2) is 52.0 Å². The van der Waals surface area contributed by atoms with Gasteiger partial charge in [0, 0.05) is 16.1 Å². The molecule has 0 N–H and O–H groups in total. The lowest BCUT2D eigenvalue weighted by molar-refractivity contribution is 0.586. The molecule has 0 bridgehead atoms. The van der Waals surface area contributed by atoms with Crippen molar-refractivity contribution in [2.24, 2.45) is 0 Å². The first-order chi connectivity index (χ1) is 10.3. The van der Waals surface area contributed by atoms with Crippen LogP contribution in [0.2, 0.25) is 5.02 Å². The lowest BCUT2D eigenvalue weighted by atomic mass is 10.2. The maximum atomic E-state index is 14.3. The van der Waals surface area contributed by atoms with Crippen molar-refractivity contribution in [3.63, 3.8) is 0 Å². The predicted octanol–water partition coefficient (Wildman–Crippen LogP) is 4.74. The van der Waals surface area contributed by atoms with Crippen LogP contribution in [0.1, 0.15) is 5.56 Å². The van der Waals surface area contributed by atoms with Gasteiger partial charge in [-0.15, -0.1) is 0 Å². The van der Waals surface area contributed by atoms with E-state index in [4.69, 9.17) is 11.6 Å². The summed E-state index contributed by atoms with van der Waals surface area (Å²) in [5.41, 5.74) is 0.869. The Labute approximate surface area is 140 Å². The summed E-state index contributed by atoms with van der Waals surface area (Å²) in [4.78, 5) is 0.0890. The van der Waals surface area contributed by atoms with Crippen LogP contribution in [0, 0.1) is 12.7 Å². The molecular formula is C15H10BrClFNO2S. The molecule has 22 heavy (non-hydrogen) atoms. The van der Waals surface area contributed by atoms with E-state index in [9.17, 15) is 12.8 Å². The van der Waals surface area contributed by atoms with Crippen molar-refractivity contribution in [2.45, 2.75) is 11.8 Å². The molecule has 0 aliphatic heterocycles. The first-order valence-electron chi connectivity index (χ1n) is 6.29. The highest BCUT2D eigenvalue weighted by Gasteiger charge is 2.23. The van der Waals surface area contributed by atoms with Gasteiger partial charge in [0.05, 0.1) is 9.92 Å². The zero-order chi connectivity index (χ0) is 16.1. The van der Waals surface area contributed by atoms with Gasteiger partial charge < -0.3 is 0 Å². The van der Waals surface area contributed by atoms with Crippen LogP contribution in [-0.2, 0) is 10.0 Å². The van der Waals surface area contributed by atoms with Crippen molar-refractivity contribution in [3.8, 4) is 0 Å². The number of halogens is 3. The van der Waals surface area contributed by atoms with Crippen molar-refractivity contribution < 1.29 is 12.8 Å². The summed E-state index contributed by atoms with van der Waals surface area (Å²) >= 11 is 9.09. The van der Waals surface area contributed by atoms with Crippen LogP contribution < -0.4 is 0 Å². The predicted molar refractivity (Wildman–Crippen MR) is 88.4 cm³/mol. The van der Waals surface area contributed by atoms with Gasteiger partial charge in [0.25, 0.3) is 10.0 Å². The van der Waals surface area contributed by atoms with Crippen LogP contribution in [0.25, 0.3) is 10.9 Å². The molecule has 0 saturated carbocycles. The number of aryl methyl sites for hydroxylation is 1. The molecular weight excluding hydrogens is 393 g/mol. The third-order valence-corrected chi connectivity index (χ3v) is 5.98. The Bertz CT molecular complexity index is 981. The second kappa shape index (κ2) is 5.37. The summed E-state index contributed by atoms with van der Waals surface area (Å²) in [6.07, 6.45) is 1.32. The molecule has 114 valence electrons.